The van der Waals surface area contributed by atoms with Crippen molar-refractivity contribution in [1.82, 2.24) is 24.3 Å². The van der Waals surface area contributed by atoms with E-state index >= 15 is 0 Å². The Balaban J connectivity index is 1.72. The van der Waals surface area contributed by atoms with E-state index in [9.17, 15) is 0 Å². The Bertz CT molecular complexity index is 1140. The van der Waals surface area contributed by atoms with Crippen LogP contribution in [0.15, 0.2) is 67.8 Å². The third-order valence-corrected chi connectivity index (χ3v) is 4.30. The number of anilines is 1. The Morgan fingerprint density at radius 1 is 1.15 bits per heavy atom. The summed E-state index contributed by atoms with van der Waals surface area (Å²) in [4.78, 5) is 9.00. The van der Waals surface area contributed by atoms with Crippen LogP contribution in [0.1, 0.15) is 12.7 Å². The second-order valence-corrected chi connectivity index (χ2v) is 6.20. The molecule has 1 aromatic carbocycles. The molecule has 0 saturated carbocycles. The topological polar surface area (TPSA) is 60.6 Å². The van der Waals surface area contributed by atoms with E-state index in [1.165, 1.54) is 0 Å². The molecule has 134 valence electrons. The first-order valence-electron chi connectivity index (χ1n) is 8.66. The first-order valence-corrected chi connectivity index (χ1v) is 8.66. The van der Waals surface area contributed by atoms with Crippen LogP contribution < -0.4 is 5.32 Å². The molecule has 6 nitrogen and oxygen atoms in total. The summed E-state index contributed by atoms with van der Waals surface area (Å²) < 4.78 is 3.79. The average molecular weight is 356 g/mol. The lowest BCUT2D eigenvalue weighted by molar-refractivity contribution is 0.768. The highest BCUT2D eigenvalue weighted by molar-refractivity contribution is 5.94. The van der Waals surface area contributed by atoms with Crippen molar-refractivity contribution in [3.05, 3.63) is 73.6 Å². The van der Waals surface area contributed by atoms with Crippen LogP contribution in [-0.4, -0.2) is 24.3 Å². The highest BCUT2D eigenvalue weighted by Crippen LogP contribution is 2.27. The maximum absolute atomic E-state index is 4.59. The maximum atomic E-state index is 4.59. The molecular formula is C21H20N6. The molecule has 0 saturated heterocycles. The van der Waals surface area contributed by atoms with Gasteiger partial charge in [0.1, 0.15) is 0 Å². The number of fused-ring (bicyclic) bond motifs is 1. The standard InChI is InChI=1S/C21H20N6/c1-4-11-27-20(16-12-24-26(3)14-16)13-23-21(27)15(2)25-19-9-5-8-18-17(19)7-6-10-22-18/h4-14,25H,2H2,1,3H3/b11-4-. The fourth-order valence-electron chi connectivity index (χ4n) is 3.08. The normalized spacial score (nSPS) is 11.3. The number of allylic oxidation sites excluding steroid dienone is 1. The fraction of sp³-hybridized carbons (Fsp3) is 0.0952. The van der Waals surface area contributed by atoms with Gasteiger partial charge in [-0.15, -0.1) is 0 Å². The summed E-state index contributed by atoms with van der Waals surface area (Å²) in [6, 6.07) is 9.95. The van der Waals surface area contributed by atoms with E-state index in [1.807, 2.05) is 79.7 Å². The van der Waals surface area contributed by atoms with Crippen LogP contribution in [0.3, 0.4) is 0 Å². The van der Waals surface area contributed by atoms with Crippen LogP contribution in [-0.2, 0) is 7.05 Å². The zero-order chi connectivity index (χ0) is 18.8. The summed E-state index contributed by atoms with van der Waals surface area (Å²) in [5, 5.41) is 8.69. The molecule has 0 bridgehead atoms. The van der Waals surface area contributed by atoms with E-state index in [0.29, 0.717) is 5.70 Å². The van der Waals surface area contributed by atoms with Crippen LogP contribution in [0, 0.1) is 0 Å². The quantitative estimate of drug-likeness (QED) is 0.575. The lowest BCUT2D eigenvalue weighted by atomic mass is 10.2. The molecule has 0 aliphatic rings. The van der Waals surface area contributed by atoms with Gasteiger partial charge in [0.05, 0.1) is 29.3 Å². The van der Waals surface area contributed by atoms with Gasteiger partial charge in [0, 0.05) is 42.3 Å². The van der Waals surface area contributed by atoms with Crippen molar-refractivity contribution >= 4 is 28.5 Å². The van der Waals surface area contributed by atoms with Gasteiger partial charge in [-0.05, 0) is 31.2 Å². The first kappa shape index (κ1) is 16.8. The van der Waals surface area contributed by atoms with Gasteiger partial charge in [0.15, 0.2) is 5.82 Å². The second kappa shape index (κ2) is 6.92. The number of aryl methyl sites for hydroxylation is 1. The predicted molar refractivity (Wildman–Crippen MR) is 110 cm³/mol. The van der Waals surface area contributed by atoms with Gasteiger partial charge in [-0.25, -0.2) is 4.98 Å². The molecule has 4 rings (SSSR count). The van der Waals surface area contributed by atoms with Gasteiger partial charge in [0.25, 0.3) is 0 Å². The van der Waals surface area contributed by atoms with Crippen molar-refractivity contribution < 1.29 is 0 Å². The number of aromatic nitrogens is 5. The lowest BCUT2D eigenvalue weighted by Gasteiger charge is -2.13. The van der Waals surface area contributed by atoms with Crippen LogP contribution in [0.5, 0.6) is 0 Å². The summed E-state index contributed by atoms with van der Waals surface area (Å²) in [5.74, 6) is 0.743. The van der Waals surface area contributed by atoms with Crippen molar-refractivity contribution in [2.45, 2.75) is 6.92 Å². The zero-order valence-electron chi connectivity index (χ0n) is 15.3. The molecule has 27 heavy (non-hydrogen) atoms. The van der Waals surface area contributed by atoms with Crippen LogP contribution in [0.2, 0.25) is 0 Å². The third-order valence-electron chi connectivity index (χ3n) is 4.30. The highest BCUT2D eigenvalue weighted by Gasteiger charge is 2.14. The molecule has 0 spiro atoms. The van der Waals surface area contributed by atoms with Crippen molar-refractivity contribution in [3.63, 3.8) is 0 Å². The minimum Gasteiger partial charge on any atom is -0.352 e. The molecule has 3 aromatic heterocycles. The molecule has 3 heterocycles. The van der Waals surface area contributed by atoms with Gasteiger partial charge < -0.3 is 5.32 Å². The Kier molecular flexibility index (Phi) is 4.30. The molecule has 6 heteroatoms. The SMILES string of the molecule is C=C(Nc1cccc2ncccc12)c1ncc(-c2cnn(C)c2)n1/C=C\C. The number of imidazole rings is 1. The van der Waals surface area contributed by atoms with E-state index in [-0.39, 0.29) is 0 Å². The monoisotopic (exact) mass is 356 g/mol. The number of hydrogen-bond donors (Lipinski definition) is 1. The average Bonchev–Trinajstić information content (AvgIpc) is 3.28. The summed E-state index contributed by atoms with van der Waals surface area (Å²) in [6.07, 6.45) is 11.4. The number of benzene rings is 1. The summed E-state index contributed by atoms with van der Waals surface area (Å²) in [5.41, 5.74) is 4.54. The summed E-state index contributed by atoms with van der Waals surface area (Å²) in [6.45, 7) is 6.19. The Morgan fingerprint density at radius 3 is 2.81 bits per heavy atom. The van der Waals surface area contributed by atoms with E-state index in [0.717, 1.165) is 33.7 Å². The van der Waals surface area contributed by atoms with E-state index < -0.39 is 0 Å². The molecule has 0 aliphatic carbocycles. The predicted octanol–water partition coefficient (Wildman–Crippen LogP) is 4.41. The highest BCUT2D eigenvalue weighted by atomic mass is 15.2. The van der Waals surface area contributed by atoms with Gasteiger partial charge >= 0.3 is 0 Å². The lowest BCUT2D eigenvalue weighted by Crippen LogP contribution is -2.04. The molecule has 0 amide bonds. The Hall–Kier alpha value is -3.67. The fourth-order valence-corrected chi connectivity index (χ4v) is 3.08. The molecule has 0 unspecified atom stereocenters. The second-order valence-electron chi connectivity index (χ2n) is 6.20. The van der Waals surface area contributed by atoms with Gasteiger partial charge in [-0.3, -0.25) is 14.2 Å². The van der Waals surface area contributed by atoms with E-state index in [4.69, 9.17) is 0 Å². The molecule has 4 aromatic rings. The number of pyridine rings is 1. The van der Waals surface area contributed by atoms with Crippen LogP contribution in [0.25, 0.3) is 34.1 Å². The molecule has 0 fully saturated rings. The van der Waals surface area contributed by atoms with Crippen LogP contribution >= 0.6 is 0 Å². The number of hydrogen-bond acceptors (Lipinski definition) is 4. The minimum atomic E-state index is 0.708. The summed E-state index contributed by atoms with van der Waals surface area (Å²) >= 11 is 0. The van der Waals surface area contributed by atoms with E-state index in [1.54, 1.807) is 10.9 Å². The Labute approximate surface area is 157 Å². The van der Waals surface area contributed by atoms with Crippen molar-refractivity contribution in [3.8, 4) is 11.3 Å². The maximum Gasteiger partial charge on any atom is 0.160 e. The van der Waals surface area contributed by atoms with Crippen molar-refractivity contribution in [2.24, 2.45) is 7.05 Å². The van der Waals surface area contributed by atoms with Gasteiger partial charge in [-0.1, -0.05) is 18.7 Å². The third kappa shape index (κ3) is 3.13. The van der Waals surface area contributed by atoms with Crippen molar-refractivity contribution in [2.75, 3.05) is 5.32 Å². The van der Waals surface area contributed by atoms with Crippen molar-refractivity contribution in [1.29, 1.82) is 0 Å². The van der Waals surface area contributed by atoms with Gasteiger partial charge in [-0.2, -0.15) is 5.10 Å². The summed E-state index contributed by atoms with van der Waals surface area (Å²) in [7, 11) is 1.90. The van der Waals surface area contributed by atoms with Gasteiger partial charge in [0.2, 0.25) is 0 Å². The smallest absolute Gasteiger partial charge is 0.160 e. The number of nitrogens with zero attached hydrogens (tertiary/aromatic N) is 5. The molecular weight excluding hydrogens is 336 g/mol. The molecule has 0 aliphatic heterocycles. The zero-order valence-corrected chi connectivity index (χ0v) is 15.3. The van der Waals surface area contributed by atoms with E-state index in [2.05, 4.69) is 27.0 Å². The molecule has 0 atom stereocenters. The number of nitrogens with one attached hydrogen (secondary N) is 1. The largest absolute Gasteiger partial charge is 0.352 e. The Morgan fingerprint density at radius 2 is 2.04 bits per heavy atom. The van der Waals surface area contributed by atoms with Crippen LogP contribution in [0.4, 0.5) is 5.69 Å². The first-order chi connectivity index (χ1) is 13.2. The molecule has 0 radical (unpaired) electrons. The number of rotatable bonds is 5. The molecule has 1 N–H and O–H groups in total. The minimum absolute atomic E-state index is 0.708.